The monoisotopic (exact) mass is 198 g/mol. The van der Waals surface area contributed by atoms with E-state index in [1.807, 2.05) is 0 Å². The van der Waals surface area contributed by atoms with Crippen LogP contribution in [0.5, 0.6) is 0 Å². The number of methoxy groups -OCH3 is 1. The molecule has 0 bridgehead atoms. The van der Waals surface area contributed by atoms with Gasteiger partial charge in [-0.3, -0.25) is 0 Å². The van der Waals surface area contributed by atoms with E-state index in [-0.39, 0.29) is 0 Å². The molecule has 3 atom stereocenters. The summed E-state index contributed by atoms with van der Waals surface area (Å²) in [5.41, 5.74) is 0. The lowest BCUT2D eigenvalue weighted by atomic mass is 9.92. The predicted octanol–water partition coefficient (Wildman–Crippen LogP) is 0.611. The molecule has 2 heterocycles. The molecule has 0 aromatic rings. The molecular formula is C11H22N2O. The zero-order chi connectivity index (χ0) is 9.80. The van der Waals surface area contributed by atoms with Gasteiger partial charge in [-0.15, -0.1) is 0 Å². The van der Waals surface area contributed by atoms with Crippen LogP contribution in [0.15, 0.2) is 0 Å². The van der Waals surface area contributed by atoms with Gasteiger partial charge in [0.1, 0.15) is 0 Å². The van der Waals surface area contributed by atoms with Gasteiger partial charge in [-0.1, -0.05) is 0 Å². The van der Waals surface area contributed by atoms with Gasteiger partial charge < -0.3 is 15.4 Å². The number of nitrogens with one attached hydrogen (secondary N) is 2. The molecule has 0 radical (unpaired) electrons. The maximum atomic E-state index is 5.17. The summed E-state index contributed by atoms with van der Waals surface area (Å²) < 4.78 is 5.17. The number of hydrogen-bond acceptors (Lipinski definition) is 3. The van der Waals surface area contributed by atoms with Gasteiger partial charge in [0.2, 0.25) is 0 Å². The summed E-state index contributed by atoms with van der Waals surface area (Å²) in [5.74, 6) is 1.82. The predicted molar refractivity (Wildman–Crippen MR) is 57.4 cm³/mol. The quantitative estimate of drug-likeness (QED) is 0.694. The molecule has 2 fully saturated rings. The SMILES string of the molecule is COCC1CC(CC2CCNC2)CN1. The van der Waals surface area contributed by atoms with E-state index in [0.717, 1.165) is 18.4 Å². The molecule has 0 saturated carbocycles. The minimum Gasteiger partial charge on any atom is -0.383 e. The zero-order valence-electron chi connectivity index (χ0n) is 9.09. The van der Waals surface area contributed by atoms with E-state index in [0.29, 0.717) is 6.04 Å². The molecule has 3 heteroatoms. The average Bonchev–Trinajstić information content (AvgIpc) is 2.79. The fourth-order valence-electron chi connectivity index (χ4n) is 2.80. The summed E-state index contributed by atoms with van der Waals surface area (Å²) in [6, 6.07) is 0.611. The van der Waals surface area contributed by atoms with Crippen LogP contribution in [0.3, 0.4) is 0 Å². The molecule has 14 heavy (non-hydrogen) atoms. The summed E-state index contributed by atoms with van der Waals surface area (Å²) in [7, 11) is 1.79. The van der Waals surface area contributed by atoms with E-state index in [1.165, 1.54) is 38.9 Å². The smallest absolute Gasteiger partial charge is 0.0615 e. The fraction of sp³-hybridized carbons (Fsp3) is 1.00. The van der Waals surface area contributed by atoms with Crippen molar-refractivity contribution in [2.75, 3.05) is 33.4 Å². The van der Waals surface area contributed by atoms with Gasteiger partial charge in [0, 0.05) is 13.2 Å². The van der Waals surface area contributed by atoms with Crippen molar-refractivity contribution in [1.29, 1.82) is 0 Å². The van der Waals surface area contributed by atoms with Crippen molar-refractivity contribution < 1.29 is 4.74 Å². The first-order valence-corrected chi connectivity index (χ1v) is 5.81. The van der Waals surface area contributed by atoms with Crippen molar-refractivity contribution in [3.05, 3.63) is 0 Å². The first-order chi connectivity index (χ1) is 6.88. The van der Waals surface area contributed by atoms with Crippen molar-refractivity contribution in [2.45, 2.75) is 25.3 Å². The first-order valence-electron chi connectivity index (χ1n) is 5.81. The lowest BCUT2D eigenvalue weighted by Crippen LogP contribution is -2.25. The second-order valence-corrected chi connectivity index (χ2v) is 4.76. The topological polar surface area (TPSA) is 33.3 Å². The number of hydrogen-bond donors (Lipinski definition) is 2. The van der Waals surface area contributed by atoms with Gasteiger partial charge >= 0.3 is 0 Å². The molecule has 0 aromatic carbocycles. The summed E-state index contributed by atoms with van der Waals surface area (Å²) in [5, 5.41) is 6.97. The number of ether oxygens (including phenoxy) is 1. The highest BCUT2D eigenvalue weighted by atomic mass is 16.5. The third-order valence-electron chi connectivity index (χ3n) is 3.51. The molecular weight excluding hydrogens is 176 g/mol. The molecule has 82 valence electrons. The van der Waals surface area contributed by atoms with E-state index in [1.54, 1.807) is 7.11 Å². The number of rotatable bonds is 4. The molecule has 2 saturated heterocycles. The molecule has 0 spiro atoms. The van der Waals surface area contributed by atoms with Crippen LogP contribution in [0.4, 0.5) is 0 Å². The van der Waals surface area contributed by atoms with E-state index in [4.69, 9.17) is 4.74 Å². The van der Waals surface area contributed by atoms with Crippen LogP contribution < -0.4 is 10.6 Å². The minimum absolute atomic E-state index is 0.611. The Kier molecular flexibility index (Phi) is 3.79. The Balaban J connectivity index is 1.67. The average molecular weight is 198 g/mol. The Morgan fingerprint density at radius 3 is 2.93 bits per heavy atom. The highest BCUT2D eigenvalue weighted by molar-refractivity contribution is 4.84. The fourth-order valence-corrected chi connectivity index (χ4v) is 2.80. The summed E-state index contributed by atoms with van der Waals surface area (Å²) in [4.78, 5) is 0. The van der Waals surface area contributed by atoms with E-state index < -0.39 is 0 Å². The molecule has 0 aromatic heterocycles. The van der Waals surface area contributed by atoms with Crippen LogP contribution in [-0.4, -0.2) is 39.4 Å². The van der Waals surface area contributed by atoms with Crippen molar-refractivity contribution in [3.63, 3.8) is 0 Å². The molecule has 3 unspecified atom stereocenters. The maximum Gasteiger partial charge on any atom is 0.0615 e. The van der Waals surface area contributed by atoms with E-state index in [2.05, 4.69) is 10.6 Å². The Labute approximate surface area is 86.6 Å². The van der Waals surface area contributed by atoms with Crippen LogP contribution in [0, 0.1) is 11.8 Å². The van der Waals surface area contributed by atoms with Crippen LogP contribution in [0.1, 0.15) is 19.3 Å². The Morgan fingerprint density at radius 1 is 1.29 bits per heavy atom. The molecule has 2 rings (SSSR count). The van der Waals surface area contributed by atoms with Crippen molar-refractivity contribution >= 4 is 0 Å². The normalized spacial score (nSPS) is 37.9. The van der Waals surface area contributed by atoms with Crippen LogP contribution in [0.2, 0.25) is 0 Å². The summed E-state index contributed by atoms with van der Waals surface area (Å²) in [6.07, 6.45) is 4.09. The Bertz CT molecular complexity index is 169. The Morgan fingerprint density at radius 2 is 2.21 bits per heavy atom. The minimum atomic E-state index is 0.611. The second kappa shape index (κ2) is 5.10. The van der Waals surface area contributed by atoms with Crippen molar-refractivity contribution in [2.24, 2.45) is 11.8 Å². The van der Waals surface area contributed by atoms with E-state index >= 15 is 0 Å². The van der Waals surface area contributed by atoms with Crippen LogP contribution >= 0.6 is 0 Å². The van der Waals surface area contributed by atoms with Gasteiger partial charge in [-0.25, -0.2) is 0 Å². The molecule has 0 aliphatic carbocycles. The summed E-state index contributed by atoms with van der Waals surface area (Å²) in [6.45, 7) is 4.54. The van der Waals surface area contributed by atoms with Gasteiger partial charge in [-0.2, -0.15) is 0 Å². The lowest BCUT2D eigenvalue weighted by Gasteiger charge is -2.13. The summed E-state index contributed by atoms with van der Waals surface area (Å²) >= 11 is 0. The maximum absolute atomic E-state index is 5.17. The van der Waals surface area contributed by atoms with Crippen LogP contribution in [0.25, 0.3) is 0 Å². The highest BCUT2D eigenvalue weighted by Gasteiger charge is 2.27. The first kappa shape index (κ1) is 10.4. The molecule has 2 aliphatic heterocycles. The van der Waals surface area contributed by atoms with Crippen molar-refractivity contribution in [3.8, 4) is 0 Å². The molecule has 2 N–H and O–H groups in total. The molecule has 0 amide bonds. The van der Waals surface area contributed by atoms with Gasteiger partial charge in [0.15, 0.2) is 0 Å². The second-order valence-electron chi connectivity index (χ2n) is 4.76. The van der Waals surface area contributed by atoms with E-state index in [9.17, 15) is 0 Å². The van der Waals surface area contributed by atoms with Crippen molar-refractivity contribution in [1.82, 2.24) is 10.6 Å². The third kappa shape index (κ3) is 2.69. The Hall–Kier alpha value is -0.120. The molecule has 2 aliphatic rings. The highest BCUT2D eigenvalue weighted by Crippen LogP contribution is 2.25. The third-order valence-corrected chi connectivity index (χ3v) is 3.51. The standard InChI is InChI=1S/C11H22N2O/c1-14-8-11-5-10(7-13-11)4-9-2-3-12-6-9/h9-13H,2-8H2,1H3. The zero-order valence-corrected chi connectivity index (χ0v) is 9.09. The van der Waals surface area contributed by atoms with Gasteiger partial charge in [0.25, 0.3) is 0 Å². The van der Waals surface area contributed by atoms with Crippen LogP contribution in [-0.2, 0) is 4.74 Å². The lowest BCUT2D eigenvalue weighted by molar-refractivity contribution is 0.171. The molecule has 3 nitrogen and oxygen atoms in total. The van der Waals surface area contributed by atoms with Gasteiger partial charge in [-0.05, 0) is 50.7 Å². The van der Waals surface area contributed by atoms with Gasteiger partial charge in [0.05, 0.1) is 6.61 Å². The largest absolute Gasteiger partial charge is 0.383 e.